The summed E-state index contributed by atoms with van der Waals surface area (Å²) in [5.41, 5.74) is 5.71. The first-order valence-electron chi connectivity index (χ1n) is 10.9. The van der Waals surface area contributed by atoms with E-state index in [1.807, 2.05) is 29.7 Å². The van der Waals surface area contributed by atoms with Gasteiger partial charge >= 0.3 is 0 Å². The highest BCUT2D eigenvalue weighted by atomic mass is 19.1. The van der Waals surface area contributed by atoms with Crippen molar-refractivity contribution in [3.05, 3.63) is 54.2 Å². The lowest BCUT2D eigenvalue weighted by Gasteiger charge is -2.13. The number of nitrogens with zero attached hydrogens (tertiary/aromatic N) is 5. The number of aryl methyl sites for hydroxylation is 1. The molecule has 8 nitrogen and oxygen atoms in total. The number of oxime groups is 1. The largest absolute Gasteiger partial charge is 0.411 e. The van der Waals surface area contributed by atoms with Gasteiger partial charge in [0.2, 0.25) is 5.91 Å². The smallest absolute Gasteiger partial charge is 0.231 e. The molecule has 2 aliphatic rings. The topological polar surface area (TPSA) is 105 Å². The number of halogens is 1. The fourth-order valence-corrected chi connectivity index (χ4v) is 4.29. The van der Waals surface area contributed by atoms with Crippen molar-refractivity contribution in [2.75, 3.05) is 5.32 Å². The van der Waals surface area contributed by atoms with Crippen molar-refractivity contribution in [3.63, 3.8) is 0 Å². The molecule has 6 rings (SSSR count). The summed E-state index contributed by atoms with van der Waals surface area (Å²) in [6.45, 7) is 2.00. The van der Waals surface area contributed by atoms with Crippen molar-refractivity contribution in [3.8, 4) is 11.1 Å². The predicted octanol–water partition coefficient (Wildman–Crippen LogP) is 4.14. The average molecular weight is 444 g/mol. The number of hydrogen-bond donors (Lipinski definition) is 2. The van der Waals surface area contributed by atoms with Gasteiger partial charge in [0.1, 0.15) is 23.3 Å². The van der Waals surface area contributed by atoms with Gasteiger partial charge in [-0.2, -0.15) is 0 Å². The molecular weight excluding hydrogens is 423 g/mol. The van der Waals surface area contributed by atoms with Crippen molar-refractivity contribution in [2.24, 2.45) is 17.0 Å². The number of alkyl halides is 1. The van der Waals surface area contributed by atoms with E-state index in [1.54, 1.807) is 24.7 Å². The number of carbonyl (C=O) groups is 1. The maximum atomic E-state index is 13.2. The molecule has 4 aromatic heterocycles. The van der Waals surface area contributed by atoms with Crippen molar-refractivity contribution in [1.29, 1.82) is 0 Å². The van der Waals surface area contributed by atoms with Gasteiger partial charge in [0.15, 0.2) is 0 Å². The Morgan fingerprint density at radius 2 is 2.00 bits per heavy atom. The van der Waals surface area contributed by atoms with Crippen LogP contribution in [0.3, 0.4) is 0 Å². The van der Waals surface area contributed by atoms with Crippen molar-refractivity contribution < 1.29 is 14.4 Å². The van der Waals surface area contributed by atoms with Crippen LogP contribution in [0.1, 0.15) is 30.5 Å². The molecule has 0 saturated heterocycles. The van der Waals surface area contributed by atoms with E-state index in [0.717, 1.165) is 46.1 Å². The second kappa shape index (κ2) is 7.33. The lowest BCUT2D eigenvalue weighted by Crippen LogP contribution is -2.16. The fraction of sp³-hybridized carbons (Fsp3) is 0.292. The van der Waals surface area contributed by atoms with E-state index in [4.69, 9.17) is 0 Å². The van der Waals surface area contributed by atoms with E-state index < -0.39 is 12.1 Å². The Morgan fingerprint density at radius 3 is 2.70 bits per heavy atom. The van der Waals surface area contributed by atoms with Gasteiger partial charge in [-0.05, 0) is 43.9 Å². The zero-order valence-electron chi connectivity index (χ0n) is 17.9. The highest BCUT2D eigenvalue weighted by Gasteiger charge is 2.43. The molecule has 4 heterocycles. The van der Waals surface area contributed by atoms with Crippen LogP contribution in [0, 0.1) is 18.8 Å². The van der Waals surface area contributed by atoms with Crippen LogP contribution in [0.15, 0.2) is 48.1 Å². The Hall–Kier alpha value is -3.88. The third-order valence-corrected chi connectivity index (χ3v) is 6.39. The monoisotopic (exact) mass is 444 g/mol. The summed E-state index contributed by atoms with van der Waals surface area (Å²) in [5.74, 6) is -0.254. The minimum absolute atomic E-state index is 0.271. The normalized spacial score (nSPS) is 20.4. The summed E-state index contributed by atoms with van der Waals surface area (Å²) in [6.07, 6.45) is 8.31. The van der Waals surface area contributed by atoms with Crippen LogP contribution in [0.4, 0.5) is 10.2 Å². The van der Waals surface area contributed by atoms with E-state index in [1.165, 1.54) is 0 Å². The second-order valence-electron chi connectivity index (χ2n) is 8.80. The van der Waals surface area contributed by atoms with Gasteiger partial charge in [0.05, 0.1) is 17.1 Å². The average Bonchev–Trinajstić information content (AvgIpc) is 3.72. The number of nitrogens with one attached hydrogen (secondary N) is 1. The van der Waals surface area contributed by atoms with Crippen LogP contribution >= 0.6 is 0 Å². The Morgan fingerprint density at radius 1 is 1.18 bits per heavy atom. The lowest BCUT2D eigenvalue weighted by atomic mass is 10.0. The minimum Gasteiger partial charge on any atom is -0.411 e. The first kappa shape index (κ1) is 19.8. The molecule has 2 fully saturated rings. The van der Waals surface area contributed by atoms with Gasteiger partial charge in [-0.15, -0.1) is 0 Å². The van der Waals surface area contributed by atoms with Crippen LogP contribution in [0.5, 0.6) is 0 Å². The quantitative estimate of drug-likeness (QED) is 0.274. The van der Waals surface area contributed by atoms with E-state index >= 15 is 0 Å². The van der Waals surface area contributed by atoms with Crippen molar-refractivity contribution >= 4 is 34.0 Å². The molecule has 2 atom stereocenters. The molecular formula is C24H21FN6O2. The van der Waals surface area contributed by atoms with Crippen LogP contribution in [-0.2, 0) is 4.79 Å². The van der Waals surface area contributed by atoms with E-state index in [9.17, 15) is 14.4 Å². The number of carbonyl (C=O) groups excluding carboxylic acids is 1. The molecule has 166 valence electrons. The third kappa shape index (κ3) is 3.40. The molecule has 0 radical (unpaired) electrons. The van der Waals surface area contributed by atoms with Crippen LogP contribution < -0.4 is 5.32 Å². The molecule has 1 amide bonds. The van der Waals surface area contributed by atoms with Gasteiger partial charge in [-0.3, -0.25) is 14.2 Å². The molecule has 4 aromatic rings. The van der Waals surface area contributed by atoms with Gasteiger partial charge in [-0.1, -0.05) is 5.16 Å². The highest BCUT2D eigenvalue weighted by Crippen LogP contribution is 2.36. The zero-order valence-corrected chi connectivity index (χ0v) is 17.9. The molecule has 0 aromatic carbocycles. The van der Waals surface area contributed by atoms with Gasteiger partial charge < -0.3 is 10.5 Å². The van der Waals surface area contributed by atoms with Crippen LogP contribution in [0.2, 0.25) is 0 Å². The predicted molar refractivity (Wildman–Crippen MR) is 121 cm³/mol. The van der Waals surface area contributed by atoms with Gasteiger partial charge in [-0.25, -0.2) is 14.4 Å². The molecule has 0 aliphatic heterocycles. The number of imidazole rings is 1. The van der Waals surface area contributed by atoms with E-state index in [-0.39, 0.29) is 18.2 Å². The number of aromatic nitrogens is 4. The molecule has 0 unspecified atom stereocenters. The number of amides is 1. The summed E-state index contributed by atoms with van der Waals surface area (Å²) < 4.78 is 15.1. The highest BCUT2D eigenvalue weighted by molar-refractivity contribution is 6.02. The Balaban J connectivity index is 1.41. The second-order valence-corrected chi connectivity index (χ2v) is 8.80. The summed E-state index contributed by atoms with van der Waals surface area (Å²) in [4.78, 5) is 25.6. The summed E-state index contributed by atoms with van der Waals surface area (Å²) in [5, 5.41) is 16.5. The lowest BCUT2D eigenvalue weighted by molar-refractivity contribution is -0.117. The zero-order chi connectivity index (χ0) is 22.7. The first-order chi connectivity index (χ1) is 16.0. The molecule has 0 bridgehead atoms. The molecule has 2 aliphatic carbocycles. The number of pyridine rings is 3. The number of rotatable bonds is 5. The van der Waals surface area contributed by atoms with Crippen LogP contribution in [-0.4, -0.2) is 42.4 Å². The van der Waals surface area contributed by atoms with Gasteiger partial charge in [0.25, 0.3) is 0 Å². The number of anilines is 1. The Labute approximate surface area is 188 Å². The van der Waals surface area contributed by atoms with Crippen LogP contribution in [0.25, 0.3) is 27.7 Å². The SMILES string of the molecule is Cc1cc(/C(=N/O)C2CC2)ncc1-c1cc2cnc(NC(=O)[C@@H]3C[C@@H]3F)cc2n2ccnc12. The van der Waals surface area contributed by atoms with E-state index in [2.05, 4.69) is 25.4 Å². The molecule has 0 spiro atoms. The van der Waals surface area contributed by atoms with E-state index in [0.29, 0.717) is 17.2 Å². The Bertz CT molecular complexity index is 1460. The summed E-state index contributed by atoms with van der Waals surface area (Å²) in [7, 11) is 0. The standard InChI is InChI=1S/C24H21FN6O2/c1-12-6-19(22(30-33)13-2-3-13)27-11-17(12)15-7-14-10-28-21(29-24(32)16-8-18(16)25)9-20(14)31-5-4-26-23(15)31/h4-7,9-11,13,16,18,33H,2-3,8H2,1H3,(H,28,29,32)/b30-22+/t16-,18+/m1/s1. The summed E-state index contributed by atoms with van der Waals surface area (Å²) in [6, 6.07) is 5.72. The molecule has 9 heteroatoms. The maximum absolute atomic E-state index is 13.2. The minimum atomic E-state index is -1.05. The fourth-order valence-electron chi connectivity index (χ4n) is 4.29. The van der Waals surface area contributed by atoms with Crippen molar-refractivity contribution in [1.82, 2.24) is 19.4 Å². The molecule has 2 N–H and O–H groups in total. The molecule has 2 saturated carbocycles. The van der Waals surface area contributed by atoms with Crippen molar-refractivity contribution in [2.45, 2.75) is 32.4 Å². The number of hydrogen-bond acceptors (Lipinski definition) is 6. The third-order valence-electron chi connectivity index (χ3n) is 6.39. The first-order valence-corrected chi connectivity index (χ1v) is 10.9. The maximum Gasteiger partial charge on any atom is 0.231 e. The summed E-state index contributed by atoms with van der Waals surface area (Å²) >= 11 is 0. The Kier molecular flexibility index (Phi) is 4.39. The number of fused-ring (bicyclic) bond motifs is 3. The molecule has 33 heavy (non-hydrogen) atoms. The van der Waals surface area contributed by atoms with Gasteiger partial charge in [0, 0.05) is 53.3 Å².